The fourth-order valence-corrected chi connectivity index (χ4v) is 4.06. The van der Waals surface area contributed by atoms with Crippen LogP contribution in [0.15, 0.2) is 78.0 Å². The number of tetrazole rings is 1. The molecular weight excluding hydrogens is 465 g/mol. The number of ether oxygens (including phenoxy) is 1. The molecule has 0 aliphatic carbocycles. The van der Waals surface area contributed by atoms with Gasteiger partial charge in [-0.25, -0.2) is 0 Å². The highest BCUT2D eigenvalue weighted by molar-refractivity contribution is 7.99. The molecule has 0 spiro atoms. The fourth-order valence-electron chi connectivity index (χ4n) is 2.95. The first kappa shape index (κ1) is 22.6. The van der Waals surface area contributed by atoms with E-state index < -0.39 is 0 Å². The maximum atomic E-state index is 6.05. The summed E-state index contributed by atoms with van der Waals surface area (Å²) in [5.41, 5.74) is 3.11. The molecule has 6 nitrogen and oxygen atoms in total. The standard InChI is InChI=1S/C23H21Cl2N5OS/c24-21-11-8-18(14-22(21)25)16-31-20-9-6-17(7-10-20)15-26-12-13-32-23-27-28-29-30(23)19-4-2-1-3-5-19/h1-11,14,26H,12-13,15-16H2. The monoisotopic (exact) mass is 485 g/mol. The Morgan fingerprint density at radius 2 is 1.69 bits per heavy atom. The summed E-state index contributed by atoms with van der Waals surface area (Å²) in [6.07, 6.45) is 0. The number of nitrogens with zero attached hydrogens (tertiary/aromatic N) is 4. The molecule has 0 bridgehead atoms. The minimum absolute atomic E-state index is 0.439. The van der Waals surface area contributed by atoms with E-state index in [1.54, 1.807) is 22.5 Å². The predicted octanol–water partition coefficient (Wildman–Crippen LogP) is 5.43. The number of nitrogens with one attached hydrogen (secondary N) is 1. The fraction of sp³-hybridized carbons (Fsp3) is 0.174. The third kappa shape index (κ3) is 6.23. The van der Waals surface area contributed by atoms with Gasteiger partial charge < -0.3 is 10.1 Å². The molecule has 164 valence electrons. The Labute approximate surface area is 200 Å². The third-order valence-corrected chi connectivity index (χ3v) is 6.25. The first-order valence-corrected chi connectivity index (χ1v) is 11.8. The minimum atomic E-state index is 0.439. The van der Waals surface area contributed by atoms with Gasteiger partial charge in [0.05, 0.1) is 15.7 Å². The molecule has 1 heterocycles. The van der Waals surface area contributed by atoms with E-state index in [1.807, 2.05) is 54.6 Å². The van der Waals surface area contributed by atoms with Crippen molar-refractivity contribution in [1.29, 1.82) is 0 Å². The number of aromatic nitrogens is 4. The number of thioether (sulfide) groups is 1. The summed E-state index contributed by atoms with van der Waals surface area (Å²) in [5, 5.41) is 17.3. The second-order valence-corrected chi connectivity index (χ2v) is 8.79. The van der Waals surface area contributed by atoms with E-state index in [2.05, 4.69) is 33.0 Å². The van der Waals surface area contributed by atoms with Crippen LogP contribution in [0, 0.1) is 0 Å². The lowest BCUT2D eigenvalue weighted by atomic mass is 10.2. The maximum Gasteiger partial charge on any atom is 0.214 e. The van der Waals surface area contributed by atoms with Gasteiger partial charge in [0.15, 0.2) is 0 Å². The molecule has 9 heteroatoms. The van der Waals surface area contributed by atoms with Crippen molar-refractivity contribution in [2.75, 3.05) is 12.3 Å². The van der Waals surface area contributed by atoms with Gasteiger partial charge in [0.1, 0.15) is 12.4 Å². The number of para-hydroxylation sites is 1. The Balaban J connectivity index is 1.18. The SMILES string of the molecule is Clc1ccc(COc2ccc(CNCCSc3nnnn3-c3ccccc3)cc2)cc1Cl. The smallest absolute Gasteiger partial charge is 0.214 e. The molecular formula is C23H21Cl2N5OS. The summed E-state index contributed by atoms with van der Waals surface area (Å²) in [6.45, 7) is 2.05. The predicted molar refractivity (Wildman–Crippen MR) is 129 cm³/mol. The van der Waals surface area contributed by atoms with Crippen molar-refractivity contribution < 1.29 is 4.74 Å². The van der Waals surface area contributed by atoms with Crippen LogP contribution < -0.4 is 10.1 Å². The van der Waals surface area contributed by atoms with Crippen molar-refractivity contribution in [2.45, 2.75) is 18.3 Å². The molecule has 0 aliphatic rings. The molecule has 0 saturated carbocycles. The van der Waals surface area contributed by atoms with Gasteiger partial charge in [-0.3, -0.25) is 0 Å². The number of halogens is 2. The molecule has 0 amide bonds. The average molecular weight is 486 g/mol. The van der Waals surface area contributed by atoms with E-state index in [1.165, 1.54) is 5.56 Å². The van der Waals surface area contributed by atoms with Crippen LogP contribution >= 0.6 is 35.0 Å². The van der Waals surface area contributed by atoms with Gasteiger partial charge in [0.2, 0.25) is 5.16 Å². The number of hydrogen-bond acceptors (Lipinski definition) is 6. The average Bonchev–Trinajstić information content (AvgIpc) is 3.29. The Hall–Kier alpha value is -2.58. The molecule has 4 aromatic rings. The zero-order chi connectivity index (χ0) is 22.2. The number of benzene rings is 3. The van der Waals surface area contributed by atoms with Gasteiger partial charge in [-0.05, 0) is 58.0 Å². The first-order valence-electron chi connectivity index (χ1n) is 10.0. The molecule has 1 N–H and O–H groups in total. The van der Waals surface area contributed by atoms with Crippen LogP contribution in [0.5, 0.6) is 5.75 Å². The Bertz CT molecular complexity index is 1140. The second kappa shape index (κ2) is 11.3. The largest absolute Gasteiger partial charge is 0.489 e. The summed E-state index contributed by atoms with van der Waals surface area (Å²) >= 11 is 13.6. The quantitative estimate of drug-likeness (QED) is 0.238. The maximum absolute atomic E-state index is 6.05. The topological polar surface area (TPSA) is 64.9 Å². The van der Waals surface area contributed by atoms with E-state index in [-0.39, 0.29) is 0 Å². The van der Waals surface area contributed by atoms with E-state index in [4.69, 9.17) is 27.9 Å². The second-order valence-electron chi connectivity index (χ2n) is 6.92. The van der Waals surface area contributed by atoms with Crippen molar-refractivity contribution in [3.8, 4) is 11.4 Å². The van der Waals surface area contributed by atoms with Crippen LogP contribution in [0.3, 0.4) is 0 Å². The Morgan fingerprint density at radius 3 is 2.47 bits per heavy atom. The lowest BCUT2D eigenvalue weighted by molar-refractivity contribution is 0.306. The molecule has 32 heavy (non-hydrogen) atoms. The van der Waals surface area contributed by atoms with Crippen LogP contribution in [0.4, 0.5) is 0 Å². The molecule has 0 saturated heterocycles. The van der Waals surface area contributed by atoms with Crippen molar-refractivity contribution >= 4 is 35.0 Å². The van der Waals surface area contributed by atoms with Gasteiger partial charge in [0, 0.05) is 18.8 Å². The number of hydrogen-bond donors (Lipinski definition) is 1. The minimum Gasteiger partial charge on any atom is -0.489 e. The van der Waals surface area contributed by atoms with Gasteiger partial charge in [-0.1, -0.05) is 71.4 Å². The molecule has 0 unspecified atom stereocenters. The van der Waals surface area contributed by atoms with E-state index in [9.17, 15) is 0 Å². The lowest BCUT2D eigenvalue weighted by Gasteiger charge is -2.09. The summed E-state index contributed by atoms with van der Waals surface area (Å²) in [4.78, 5) is 0. The highest BCUT2D eigenvalue weighted by Crippen LogP contribution is 2.23. The highest BCUT2D eigenvalue weighted by Gasteiger charge is 2.08. The molecule has 0 radical (unpaired) electrons. The normalized spacial score (nSPS) is 10.9. The summed E-state index contributed by atoms with van der Waals surface area (Å²) in [7, 11) is 0. The summed E-state index contributed by atoms with van der Waals surface area (Å²) in [5.74, 6) is 1.67. The molecule has 4 rings (SSSR count). The zero-order valence-corrected chi connectivity index (χ0v) is 19.4. The van der Waals surface area contributed by atoms with E-state index >= 15 is 0 Å². The molecule has 0 aliphatic heterocycles. The summed E-state index contributed by atoms with van der Waals surface area (Å²) < 4.78 is 7.58. The molecule has 3 aromatic carbocycles. The van der Waals surface area contributed by atoms with Crippen LogP contribution in [0.25, 0.3) is 5.69 Å². The number of rotatable bonds is 10. The highest BCUT2D eigenvalue weighted by atomic mass is 35.5. The van der Waals surface area contributed by atoms with Crippen LogP contribution in [-0.2, 0) is 13.2 Å². The van der Waals surface area contributed by atoms with Crippen molar-refractivity contribution in [1.82, 2.24) is 25.5 Å². The first-order chi connectivity index (χ1) is 15.7. The Morgan fingerprint density at radius 1 is 0.906 bits per heavy atom. The van der Waals surface area contributed by atoms with E-state index in [0.29, 0.717) is 16.7 Å². The van der Waals surface area contributed by atoms with Gasteiger partial charge >= 0.3 is 0 Å². The van der Waals surface area contributed by atoms with Gasteiger partial charge in [0.25, 0.3) is 0 Å². The molecule has 1 aromatic heterocycles. The third-order valence-electron chi connectivity index (χ3n) is 4.59. The summed E-state index contributed by atoms with van der Waals surface area (Å²) in [6, 6.07) is 23.4. The van der Waals surface area contributed by atoms with Gasteiger partial charge in [-0.2, -0.15) is 4.68 Å². The van der Waals surface area contributed by atoms with Crippen molar-refractivity contribution in [3.05, 3.63) is 94.0 Å². The van der Waals surface area contributed by atoms with Crippen molar-refractivity contribution in [2.24, 2.45) is 0 Å². The van der Waals surface area contributed by atoms with Crippen LogP contribution in [-0.4, -0.2) is 32.5 Å². The molecule has 0 atom stereocenters. The van der Waals surface area contributed by atoms with Gasteiger partial charge in [-0.15, -0.1) is 5.10 Å². The molecule has 0 fully saturated rings. The van der Waals surface area contributed by atoms with Crippen molar-refractivity contribution in [3.63, 3.8) is 0 Å². The lowest BCUT2D eigenvalue weighted by Crippen LogP contribution is -2.16. The van der Waals surface area contributed by atoms with Crippen LogP contribution in [0.2, 0.25) is 10.0 Å². The van der Waals surface area contributed by atoms with Crippen LogP contribution in [0.1, 0.15) is 11.1 Å². The Kier molecular flexibility index (Phi) is 8.01. The zero-order valence-electron chi connectivity index (χ0n) is 17.1. The van der Waals surface area contributed by atoms with E-state index in [0.717, 1.165) is 41.0 Å².